The third kappa shape index (κ3) is 4.12. The van der Waals surface area contributed by atoms with E-state index in [9.17, 15) is 18.0 Å². The lowest BCUT2D eigenvalue weighted by atomic mass is 10.0. The van der Waals surface area contributed by atoms with E-state index in [0.717, 1.165) is 12.1 Å². The van der Waals surface area contributed by atoms with Crippen molar-refractivity contribution < 1.29 is 18.0 Å². The van der Waals surface area contributed by atoms with Crippen LogP contribution in [0.5, 0.6) is 0 Å². The second-order valence-corrected chi connectivity index (χ2v) is 4.38. The maximum absolute atomic E-state index is 12.8. The quantitative estimate of drug-likeness (QED) is 0.684. The van der Waals surface area contributed by atoms with Gasteiger partial charge in [-0.05, 0) is 31.6 Å². The highest BCUT2D eigenvalue weighted by molar-refractivity contribution is 6.01. The maximum Gasteiger partial charge on any atom is 0.416 e. The Morgan fingerprint density at radius 1 is 1.35 bits per heavy atom. The standard InChI is InChI=1S/C14H13F3N2O/c1-9(2)19-13(20)11(8-18)7-10-5-3-4-6-12(10)14(15,16)17/h3-7,9H,1-2H3,(H,19,20)/b11-7+. The summed E-state index contributed by atoms with van der Waals surface area (Å²) in [5, 5.41) is 11.4. The molecule has 0 aromatic heterocycles. The predicted molar refractivity (Wildman–Crippen MR) is 68.3 cm³/mol. The first-order valence-corrected chi connectivity index (χ1v) is 5.84. The number of amides is 1. The fourth-order valence-corrected chi connectivity index (χ4v) is 1.53. The Balaban J connectivity index is 3.22. The Kier molecular flexibility index (Phi) is 4.92. The summed E-state index contributed by atoms with van der Waals surface area (Å²) in [6.07, 6.45) is -3.59. The molecule has 0 unspecified atom stereocenters. The van der Waals surface area contributed by atoms with E-state index >= 15 is 0 Å². The molecule has 0 spiro atoms. The first-order valence-electron chi connectivity index (χ1n) is 5.84. The van der Waals surface area contributed by atoms with Crippen molar-refractivity contribution in [2.75, 3.05) is 0 Å². The Morgan fingerprint density at radius 3 is 2.45 bits per heavy atom. The van der Waals surface area contributed by atoms with E-state index in [0.29, 0.717) is 0 Å². The van der Waals surface area contributed by atoms with Crippen LogP contribution in [0.4, 0.5) is 13.2 Å². The lowest BCUT2D eigenvalue weighted by Crippen LogP contribution is -2.31. The molecule has 1 aromatic carbocycles. The molecule has 1 rings (SSSR count). The summed E-state index contributed by atoms with van der Waals surface area (Å²) in [7, 11) is 0. The van der Waals surface area contributed by atoms with Gasteiger partial charge in [-0.3, -0.25) is 4.79 Å². The van der Waals surface area contributed by atoms with Crippen LogP contribution in [0.1, 0.15) is 25.0 Å². The topological polar surface area (TPSA) is 52.9 Å². The molecule has 0 saturated heterocycles. The minimum atomic E-state index is -4.54. The molecule has 0 saturated carbocycles. The molecule has 0 heterocycles. The number of benzene rings is 1. The largest absolute Gasteiger partial charge is 0.416 e. The Hall–Kier alpha value is -2.29. The zero-order valence-electron chi connectivity index (χ0n) is 11.0. The SMILES string of the molecule is CC(C)NC(=O)/C(C#N)=C/c1ccccc1C(F)(F)F. The molecule has 0 aliphatic carbocycles. The van der Waals surface area contributed by atoms with Crippen LogP contribution in [0.25, 0.3) is 6.08 Å². The summed E-state index contributed by atoms with van der Waals surface area (Å²) in [4.78, 5) is 11.7. The number of hydrogen-bond donors (Lipinski definition) is 1. The average Bonchev–Trinajstić information content (AvgIpc) is 2.34. The first-order chi connectivity index (χ1) is 9.25. The zero-order chi connectivity index (χ0) is 15.3. The molecule has 106 valence electrons. The average molecular weight is 282 g/mol. The van der Waals surface area contributed by atoms with Crippen molar-refractivity contribution in [1.82, 2.24) is 5.32 Å². The Labute approximate surface area is 114 Å². The molecule has 0 aliphatic heterocycles. The number of carbonyl (C=O) groups is 1. The summed E-state index contributed by atoms with van der Waals surface area (Å²) in [6.45, 7) is 3.38. The van der Waals surface area contributed by atoms with Crippen molar-refractivity contribution >= 4 is 12.0 Å². The molecule has 0 radical (unpaired) electrons. The fraction of sp³-hybridized carbons (Fsp3) is 0.286. The van der Waals surface area contributed by atoms with E-state index in [-0.39, 0.29) is 17.2 Å². The smallest absolute Gasteiger partial charge is 0.349 e. The molecule has 1 N–H and O–H groups in total. The number of halogens is 3. The van der Waals surface area contributed by atoms with Gasteiger partial charge in [-0.2, -0.15) is 18.4 Å². The van der Waals surface area contributed by atoms with E-state index in [4.69, 9.17) is 5.26 Å². The van der Waals surface area contributed by atoms with Crippen molar-refractivity contribution in [1.29, 1.82) is 5.26 Å². The number of rotatable bonds is 3. The van der Waals surface area contributed by atoms with Crippen molar-refractivity contribution in [2.45, 2.75) is 26.1 Å². The number of nitrogens with one attached hydrogen (secondary N) is 1. The van der Waals surface area contributed by atoms with Gasteiger partial charge in [0.1, 0.15) is 11.6 Å². The molecule has 20 heavy (non-hydrogen) atoms. The molecule has 6 heteroatoms. The second kappa shape index (κ2) is 6.24. The molecule has 0 aliphatic rings. The highest BCUT2D eigenvalue weighted by atomic mass is 19.4. The summed E-state index contributed by atoms with van der Waals surface area (Å²) in [6, 6.07) is 6.18. The lowest BCUT2D eigenvalue weighted by Gasteiger charge is -2.11. The van der Waals surface area contributed by atoms with Gasteiger partial charge in [0, 0.05) is 6.04 Å². The number of nitriles is 1. The van der Waals surface area contributed by atoms with Gasteiger partial charge >= 0.3 is 6.18 Å². The predicted octanol–water partition coefficient (Wildman–Crippen LogP) is 3.14. The Bertz CT molecular complexity index is 569. The van der Waals surface area contributed by atoms with Gasteiger partial charge in [0.2, 0.25) is 0 Å². The van der Waals surface area contributed by atoms with Gasteiger partial charge < -0.3 is 5.32 Å². The van der Waals surface area contributed by atoms with Crippen molar-refractivity contribution in [3.05, 3.63) is 41.0 Å². The molecule has 0 fully saturated rings. The van der Waals surface area contributed by atoms with Crippen LogP contribution in [-0.2, 0) is 11.0 Å². The number of carbonyl (C=O) groups excluding carboxylic acids is 1. The van der Waals surface area contributed by atoms with E-state index < -0.39 is 17.6 Å². The maximum atomic E-state index is 12.8. The summed E-state index contributed by atoms with van der Waals surface area (Å²) < 4.78 is 38.4. The molecular weight excluding hydrogens is 269 g/mol. The fourth-order valence-electron chi connectivity index (χ4n) is 1.53. The van der Waals surface area contributed by atoms with Crippen LogP contribution in [-0.4, -0.2) is 11.9 Å². The molecule has 3 nitrogen and oxygen atoms in total. The third-order valence-corrected chi connectivity index (χ3v) is 2.35. The van der Waals surface area contributed by atoms with Crippen LogP contribution in [0.15, 0.2) is 29.8 Å². The first kappa shape index (κ1) is 15.8. The molecule has 1 amide bonds. The van der Waals surface area contributed by atoms with Gasteiger partial charge in [0.15, 0.2) is 0 Å². The summed E-state index contributed by atoms with van der Waals surface area (Å²) in [5.41, 5.74) is -1.46. The van der Waals surface area contributed by atoms with Crippen LogP contribution >= 0.6 is 0 Å². The van der Waals surface area contributed by atoms with Gasteiger partial charge in [0.05, 0.1) is 5.56 Å². The highest BCUT2D eigenvalue weighted by Gasteiger charge is 2.32. The van der Waals surface area contributed by atoms with E-state index in [1.54, 1.807) is 19.9 Å². The molecule has 0 bridgehead atoms. The third-order valence-electron chi connectivity index (χ3n) is 2.35. The van der Waals surface area contributed by atoms with Crippen molar-refractivity contribution in [2.24, 2.45) is 0 Å². The number of nitrogens with zero attached hydrogens (tertiary/aromatic N) is 1. The van der Waals surface area contributed by atoms with Crippen molar-refractivity contribution in [3.63, 3.8) is 0 Å². The van der Waals surface area contributed by atoms with E-state index in [1.807, 2.05) is 0 Å². The molecular formula is C14H13F3N2O. The van der Waals surface area contributed by atoms with Gasteiger partial charge in [-0.25, -0.2) is 0 Å². The van der Waals surface area contributed by atoms with Crippen molar-refractivity contribution in [3.8, 4) is 6.07 Å². The highest BCUT2D eigenvalue weighted by Crippen LogP contribution is 2.32. The Morgan fingerprint density at radius 2 is 1.95 bits per heavy atom. The lowest BCUT2D eigenvalue weighted by molar-refractivity contribution is -0.137. The van der Waals surface area contributed by atoms with Crippen LogP contribution in [0.2, 0.25) is 0 Å². The van der Waals surface area contributed by atoms with Crippen LogP contribution in [0.3, 0.4) is 0 Å². The number of alkyl halides is 3. The van der Waals surface area contributed by atoms with Gasteiger partial charge in [0.25, 0.3) is 5.91 Å². The van der Waals surface area contributed by atoms with E-state index in [1.165, 1.54) is 18.2 Å². The van der Waals surface area contributed by atoms with E-state index in [2.05, 4.69) is 5.32 Å². The second-order valence-electron chi connectivity index (χ2n) is 4.38. The minimum absolute atomic E-state index is 0.211. The molecule has 1 aromatic rings. The molecule has 0 atom stereocenters. The normalized spacial score (nSPS) is 12.2. The minimum Gasteiger partial charge on any atom is -0.349 e. The number of hydrogen-bond acceptors (Lipinski definition) is 2. The zero-order valence-corrected chi connectivity index (χ0v) is 11.0. The summed E-state index contributed by atoms with van der Waals surface area (Å²) >= 11 is 0. The summed E-state index contributed by atoms with van der Waals surface area (Å²) in [5.74, 6) is -0.695. The van der Waals surface area contributed by atoms with Gasteiger partial charge in [-0.1, -0.05) is 18.2 Å². The monoisotopic (exact) mass is 282 g/mol. The van der Waals surface area contributed by atoms with Crippen LogP contribution < -0.4 is 5.32 Å². The van der Waals surface area contributed by atoms with Crippen LogP contribution in [0, 0.1) is 11.3 Å². The van der Waals surface area contributed by atoms with Gasteiger partial charge in [-0.15, -0.1) is 0 Å².